The summed E-state index contributed by atoms with van der Waals surface area (Å²) < 4.78 is 15.4. The second kappa shape index (κ2) is 10.4. The molecular weight excluding hydrogens is 449 g/mol. The Hall–Kier alpha value is -3.22. The summed E-state index contributed by atoms with van der Waals surface area (Å²) in [6, 6.07) is 20.9. The molecule has 5 nitrogen and oxygen atoms in total. The van der Waals surface area contributed by atoms with Gasteiger partial charge in [0.15, 0.2) is 0 Å². The first-order valence-corrected chi connectivity index (χ1v) is 11.4. The molecule has 34 heavy (non-hydrogen) atoms. The Morgan fingerprint density at radius 2 is 1.56 bits per heavy atom. The third-order valence-corrected chi connectivity index (χ3v) is 6.44. The molecule has 0 unspecified atom stereocenters. The van der Waals surface area contributed by atoms with Gasteiger partial charge in [-0.1, -0.05) is 30.3 Å². The number of pyridine rings is 1. The Kier molecular flexibility index (Phi) is 7.29. The van der Waals surface area contributed by atoms with E-state index in [0.717, 1.165) is 61.0 Å². The van der Waals surface area contributed by atoms with Crippen molar-refractivity contribution >= 4 is 18.2 Å². The highest BCUT2D eigenvalue weighted by atomic mass is 35.5. The van der Waals surface area contributed by atoms with Crippen LogP contribution in [0.2, 0.25) is 0 Å². The van der Waals surface area contributed by atoms with E-state index in [-0.39, 0.29) is 18.2 Å². The first-order chi connectivity index (χ1) is 16.1. The Balaban J connectivity index is 0.00000274. The fraction of sp³-hybridized carbons (Fsp3) is 0.259. The second-order valence-corrected chi connectivity index (χ2v) is 8.54. The monoisotopic (exact) mass is 477 g/mol. The zero-order valence-corrected chi connectivity index (χ0v) is 20.3. The van der Waals surface area contributed by atoms with Crippen molar-refractivity contribution in [2.75, 3.05) is 31.1 Å². The Labute approximate surface area is 206 Å². The maximum Gasteiger partial charge on any atom is 0.136 e. The minimum atomic E-state index is -0.223. The van der Waals surface area contributed by atoms with Crippen molar-refractivity contribution in [1.82, 2.24) is 19.7 Å². The molecule has 0 bridgehead atoms. The van der Waals surface area contributed by atoms with Gasteiger partial charge in [-0.2, -0.15) is 5.10 Å². The Morgan fingerprint density at radius 1 is 0.853 bits per heavy atom. The van der Waals surface area contributed by atoms with E-state index in [1.54, 1.807) is 0 Å². The molecule has 0 atom stereocenters. The first kappa shape index (κ1) is 23.9. The molecule has 176 valence electrons. The first-order valence-electron chi connectivity index (χ1n) is 11.4. The van der Waals surface area contributed by atoms with E-state index in [9.17, 15) is 4.39 Å². The van der Waals surface area contributed by atoms with Crippen LogP contribution in [-0.4, -0.2) is 45.8 Å². The van der Waals surface area contributed by atoms with Crippen molar-refractivity contribution < 1.29 is 4.39 Å². The molecule has 7 heteroatoms. The number of benzene rings is 2. The van der Waals surface area contributed by atoms with Crippen LogP contribution in [0.5, 0.6) is 0 Å². The molecule has 1 aliphatic rings. The van der Waals surface area contributed by atoms with E-state index in [4.69, 9.17) is 5.10 Å². The number of aromatic nitrogens is 3. The predicted octanol–water partition coefficient (Wildman–Crippen LogP) is 5.43. The molecule has 0 amide bonds. The van der Waals surface area contributed by atoms with Gasteiger partial charge >= 0.3 is 0 Å². The summed E-state index contributed by atoms with van der Waals surface area (Å²) in [5.41, 5.74) is 6.71. The van der Waals surface area contributed by atoms with Crippen molar-refractivity contribution in [2.24, 2.45) is 0 Å². The molecule has 3 heterocycles. The van der Waals surface area contributed by atoms with Gasteiger partial charge in [0.2, 0.25) is 0 Å². The number of aryl methyl sites for hydroxylation is 1. The number of nitrogens with zero attached hydrogens (tertiary/aromatic N) is 5. The van der Waals surface area contributed by atoms with Crippen LogP contribution in [0.1, 0.15) is 17.0 Å². The van der Waals surface area contributed by atoms with E-state index in [0.29, 0.717) is 0 Å². The number of halogens is 2. The molecule has 2 aromatic heterocycles. The summed E-state index contributed by atoms with van der Waals surface area (Å²) in [5, 5.41) is 4.80. The number of rotatable bonds is 5. The van der Waals surface area contributed by atoms with Gasteiger partial charge in [-0.05, 0) is 55.8 Å². The minimum Gasteiger partial charge on any atom is -0.354 e. The third-order valence-electron chi connectivity index (χ3n) is 6.44. The maximum absolute atomic E-state index is 13.4. The molecule has 0 radical (unpaired) electrons. The quantitative estimate of drug-likeness (QED) is 0.384. The van der Waals surface area contributed by atoms with Crippen molar-refractivity contribution in [2.45, 2.75) is 20.4 Å². The summed E-state index contributed by atoms with van der Waals surface area (Å²) in [7, 11) is 0. The molecule has 1 fully saturated rings. The molecule has 4 aromatic rings. The lowest BCUT2D eigenvalue weighted by Gasteiger charge is -2.36. The van der Waals surface area contributed by atoms with Crippen LogP contribution in [0.3, 0.4) is 0 Å². The van der Waals surface area contributed by atoms with Crippen molar-refractivity contribution in [3.63, 3.8) is 0 Å². The molecule has 1 aliphatic heterocycles. The molecule has 2 aromatic carbocycles. The lowest BCUT2D eigenvalue weighted by molar-refractivity contribution is 0.248. The van der Waals surface area contributed by atoms with Crippen molar-refractivity contribution in [1.29, 1.82) is 0 Å². The van der Waals surface area contributed by atoms with Crippen LogP contribution in [0, 0.1) is 19.7 Å². The highest BCUT2D eigenvalue weighted by Gasteiger charge is 2.23. The fourth-order valence-electron chi connectivity index (χ4n) is 4.57. The number of hydrogen-bond donors (Lipinski definition) is 0. The highest BCUT2D eigenvalue weighted by molar-refractivity contribution is 5.85. The summed E-state index contributed by atoms with van der Waals surface area (Å²) in [4.78, 5) is 9.50. The minimum absolute atomic E-state index is 0. The van der Waals surface area contributed by atoms with E-state index in [1.807, 2.05) is 47.3 Å². The number of piperazine rings is 1. The van der Waals surface area contributed by atoms with E-state index in [1.165, 1.54) is 23.4 Å². The summed E-state index contributed by atoms with van der Waals surface area (Å²) >= 11 is 0. The summed E-state index contributed by atoms with van der Waals surface area (Å²) in [6.07, 6.45) is 1.83. The molecule has 0 N–H and O–H groups in total. The molecule has 5 rings (SSSR count). The van der Waals surface area contributed by atoms with Crippen LogP contribution < -0.4 is 4.90 Å². The van der Waals surface area contributed by atoms with E-state index in [2.05, 4.69) is 46.8 Å². The molecule has 0 spiro atoms. The van der Waals surface area contributed by atoms with Gasteiger partial charge in [-0.3, -0.25) is 4.90 Å². The van der Waals surface area contributed by atoms with Crippen LogP contribution in [-0.2, 0) is 6.54 Å². The Morgan fingerprint density at radius 3 is 2.26 bits per heavy atom. The van der Waals surface area contributed by atoms with Gasteiger partial charge in [-0.25, -0.2) is 14.1 Å². The van der Waals surface area contributed by atoms with E-state index >= 15 is 0 Å². The Bertz CT molecular complexity index is 1230. The number of hydrogen-bond acceptors (Lipinski definition) is 4. The normalized spacial score (nSPS) is 14.1. The van der Waals surface area contributed by atoms with Crippen LogP contribution in [0.15, 0.2) is 72.9 Å². The highest BCUT2D eigenvalue weighted by Crippen LogP contribution is 2.30. The van der Waals surface area contributed by atoms with Crippen molar-refractivity contribution in [3.8, 4) is 16.8 Å². The van der Waals surface area contributed by atoms with Crippen LogP contribution in [0.25, 0.3) is 16.8 Å². The lowest BCUT2D eigenvalue weighted by atomic mass is 10.1. The molecule has 0 saturated carbocycles. The van der Waals surface area contributed by atoms with Gasteiger partial charge < -0.3 is 4.90 Å². The zero-order valence-electron chi connectivity index (χ0n) is 19.5. The predicted molar refractivity (Wildman–Crippen MR) is 137 cm³/mol. The SMILES string of the molecule is Cc1nn(-c2ccccc2)c(C)c1CN1CCN(c2ncccc2-c2ccc(F)cc2)CC1.Cl. The molecule has 1 saturated heterocycles. The molecule has 0 aliphatic carbocycles. The maximum atomic E-state index is 13.4. The average Bonchev–Trinajstić information content (AvgIpc) is 3.14. The van der Waals surface area contributed by atoms with Gasteiger partial charge in [0.05, 0.1) is 11.4 Å². The zero-order chi connectivity index (χ0) is 22.8. The smallest absolute Gasteiger partial charge is 0.136 e. The number of anilines is 1. The standard InChI is InChI=1S/C27H28FN5.ClH/c1-20-26(21(2)33(30-20)24-7-4-3-5-8-24)19-31-15-17-32(18-16-31)27-25(9-6-14-29-27)22-10-12-23(28)13-11-22;/h3-14H,15-19H2,1-2H3;1H. The second-order valence-electron chi connectivity index (χ2n) is 8.54. The average molecular weight is 478 g/mol. The summed E-state index contributed by atoms with van der Waals surface area (Å²) in [5.74, 6) is 0.743. The third kappa shape index (κ3) is 4.83. The van der Waals surface area contributed by atoms with Gasteiger partial charge in [0.25, 0.3) is 0 Å². The topological polar surface area (TPSA) is 37.2 Å². The van der Waals surface area contributed by atoms with Gasteiger partial charge in [0, 0.05) is 55.7 Å². The largest absolute Gasteiger partial charge is 0.354 e. The lowest BCUT2D eigenvalue weighted by Crippen LogP contribution is -2.46. The van der Waals surface area contributed by atoms with Gasteiger partial charge in [0.1, 0.15) is 11.6 Å². The van der Waals surface area contributed by atoms with E-state index < -0.39 is 0 Å². The fourth-order valence-corrected chi connectivity index (χ4v) is 4.57. The van der Waals surface area contributed by atoms with Gasteiger partial charge in [-0.15, -0.1) is 12.4 Å². The summed E-state index contributed by atoms with van der Waals surface area (Å²) in [6.45, 7) is 8.85. The number of para-hydroxylation sites is 1. The van der Waals surface area contributed by atoms with Crippen molar-refractivity contribution in [3.05, 3.63) is 95.7 Å². The van der Waals surface area contributed by atoms with Crippen LogP contribution >= 0.6 is 12.4 Å². The molecular formula is C27H29ClFN5. The van der Waals surface area contributed by atoms with Crippen LogP contribution in [0.4, 0.5) is 10.2 Å².